The van der Waals surface area contributed by atoms with E-state index in [0.717, 1.165) is 18.8 Å². The molecule has 0 saturated heterocycles. The van der Waals surface area contributed by atoms with Gasteiger partial charge in [-0.1, -0.05) is 51.9 Å². The first-order chi connectivity index (χ1) is 10.3. The molecule has 0 aromatic heterocycles. The molecule has 0 atom stereocenters. The van der Waals surface area contributed by atoms with Crippen LogP contribution in [0.15, 0.2) is 24.3 Å². The zero-order valence-corrected chi connectivity index (χ0v) is 13.1. The van der Waals surface area contributed by atoms with Crippen LogP contribution in [0, 0.1) is 0 Å². The lowest BCUT2D eigenvalue weighted by molar-refractivity contribution is 0.0903. The van der Waals surface area contributed by atoms with Crippen molar-refractivity contribution in [2.75, 3.05) is 13.2 Å². The molecule has 0 amide bonds. The molecule has 118 valence electrons. The molecule has 0 fully saturated rings. The Morgan fingerprint density at radius 2 is 1.52 bits per heavy atom. The van der Waals surface area contributed by atoms with E-state index in [1.807, 2.05) is 0 Å². The summed E-state index contributed by atoms with van der Waals surface area (Å²) in [6.45, 7) is 2.52. The molecule has 0 aliphatic rings. The maximum Gasteiger partial charge on any atom is 0.188 e. The van der Waals surface area contributed by atoms with E-state index < -0.39 is 6.61 Å². The lowest BCUT2D eigenvalue weighted by atomic mass is 10.1. The third-order valence-electron chi connectivity index (χ3n) is 3.59. The Balaban J connectivity index is 2.06. The van der Waals surface area contributed by atoms with E-state index in [-0.39, 0.29) is 5.78 Å². The minimum absolute atomic E-state index is 0.260. The quantitative estimate of drug-likeness (QED) is 0.459. The molecular formula is C18H28O3. The van der Waals surface area contributed by atoms with Crippen LogP contribution in [-0.2, 0) is 0 Å². The second-order valence-corrected chi connectivity index (χ2v) is 5.43. The SMILES string of the molecule is CCCCCCCCCCOc1ccc(C(=O)CO)cc1. The first-order valence-corrected chi connectivity index (χ1v) is 8.15. The number of ether oxygens (including phenoxy) is 1. The molecule has 3 nitrogen and oxygen atoms in total. The summed E-state index contributed by atoms with van der Waals surface area (Å²) in [4.78, 5) is 11.3. The largest absolute Gasteiger partial charge is 0.494 e. The van der Waals surface area contributed by atoms with Crippen molar-refractivity contribution in [3.63, 3.8) is 0 Å². The molecule has 0 bridgehead atoms. The van der Waals surface area contributed by atoms with Gasteiger partial charge < -0.3 is 9.84 Å². The molecule has 1 N–H and O–H groups in total. The van der Waals surface area contributed by atoms with Crippen molar-refractivity contribution in [3.8, 4) is 5.75 Å². The van der Waals surface area contributed by atoms with Gasteiger partial charge in [0.1, 0.15) is 12.4 Å². The van der Waals surface area contributed by atoms with Gasteiger partial charge >= 0.3 is 0 Å². The number of hydrogen-bond acceptors (Lipinski definition) is 3. The molecule has 0 radical (unpaired) electrons. The van der Waals surface area contributed by atoms with Gasteiger partial charge in [0.2, 0.25) is 0 Å². The highest BCUT2D eigenvalue weighted by atomic mass is 16.5. The van der Waals surface area contributed by atoms with Crippen LogP contribution in [0.1, 0.15) is 68.6 Å². The topological polar surface area (TPSA) is 46.5 Å². The molecule has 1 aromatic rings. The van der Waals surface area contributed by atoms with Gasteiger partial charge in [0.05, 0.1) is 6.61 Å². The number of aliphatic hydroxyl groups is 1. The van der Waals surface area contributed by atoms with Crippen molar-refractivity contribution in [2.45, 2.75) is 58.3 Å². The zero-order valence-electron chi connectivity index (χ0n) is 13.1. The van der Waals surface area contributed by atoms with E-state index in [4.69, 9.17) is 9.84 Å². The van der Waals surface area contributed by atoms with Crippen LogP contribution in [0.4, 0.5) is 0 Å². The maximum absolute atomic E-state index is 11.3. The van der Waals surface area contributed by atoms with Gasteiger partial charge in [0.15, 0.2) is 5.78 Å². The summed E-state index contributed by atoms with van der Waals surface area (Å²) in [5.41, 5.74) is 0.525. The van der Waals surface area contributed by atoms with Gasteiger partial charge in [-0.2, -0.15) is 0 Å². The lowest BCUT2D eigenvalue weighted by Crippen LogP contribution is -2.04. The number of unbranched alkanes of at least 4 members (excludes halogenated alkanes) is 7. The summed E-state index contributed by atoms with van der Waals surface area (Å²) in [6, 6.07) is 6.96. The number of hydrogen-bond donors (Lipinski definition) is 1. The third kappa shape index (κ3) is 7.86. The van der Waals surface area contributed by atoms with Crippen molar-refractivity contribution in [1.29, 1.82) is 0 Å². The van der Waals surface area contributed by atoms with E-state index in [2.05, 4.69) is 6.92 Å². The molecule has 0 saturated carbocycles. The van der Waals surface area contributed by atoms with E-state index in [1.165, 1.54) is 44.9 Å². The highest BCUT2D eigenvalue weighted by molar-refractivity contribution is 5.96. The summed E-state index contributed by atoms with van der Waals surface area (Å²) in [6.07, 6.45) is 10.3. The predicted molar refractivity (Wildman–Crippen MR) is 86.0 cm³/mol. The number of rotatable bonds is 12. The molecule has 21 heavy (non-hydrogen) atoms. The minimum atomic E-state index is -0.446. The predicted octanol–water partition coefficient (Wildman–Crippen LogP) is 4.38. The molecule has 3 heteroatoms. The Hall–Kier alpha value is -1.35. The highest BCUT2D eigenvalue weighted by Gasteiger charge is 2.03. The molecule has 0 aliphatic carbocycles. The molecule has 0 spiro atoms. The monoisotopic (exact) mass is 292 g/mol. The van der Waals surface area contributed by atoms with Gasteiger partial charge in [-0.05, 0) is 30.7 Å². The second kappa shape index (κ2) is 11.3. The summed E-state index contributed by atoms with van der Waals surface area (Å²) >= 11 is 0. The summed E-state index contributed by atoms with van der Waals surface area (Å²) in [5, 5.41) is 8.77. The Morgan fingerprint density at radius 1 is 0.952 bits per heavy atom. The van der Waals surface area contributed by atoms with Gasteiger partial charge in [0, 0.05) is 5.56 Å². The standard InChI is InChI=1S/C18H28O3/c1-2-3-4-5-6-7-8-9-14-21-17-12-10-16(11-13-17)18(20)15-19/h10-13,19H,2-9,14-15H2,1H3. The van der Waals surface area contributed by atoms with Gasteiger partial charge in [-0.25, -0.2) is 0 Å². The Morgan fingerprint density at radius 3 is 2.10 bits per heavy atom. The molecule has 0 unspecified atom stereocenters. The Labute approximate surface area is 128 Å². The van der Waals surface area contributed by atoms with Gasteiger partial charge in [-0.3, -0.25) is 4.79 Å². The minimum Gasteiger partial charge on any atom is -0.494 e. The Kier molecular flexibility index (Phi) is 9.55. The van der Waals surface area contributed by atoms with Gasteiger partial charge in [-0.15, -0.1) is 0 Å². The van der Waals surface area contributed by atoms with Gasteiger partial charge in [0.25, 0.3) is 0 Å². The fourth-order valence-electron chi connectivity index (χ4n) is 2.25. The van der Waals surface area contributed by atoms with Crippen LogP contribution in [0.25, 0.3) is 0 Å². The van der Waals surface area contributed by atoms with Crippen LogP contribution >= 0.6 is 0 Å². The van der Waals surface area contributed by atoms with Crippen molar-refractivity contribution >= 4 is 5.78 Å². The van der Waals surface area contributed by atoms with Crippen LogP contribution in [-0.4, -0.2) is 24.1 Å². The van der Waals surface area contributed by atoms with Crippen molar-refractivity contribution in [1.82, 2.24) is 0 Å². The number of carbonyl (C=O) groups excluding carboxylic acids is 1. The summed E-state index contributed by atoms with van der Waals surface area (Å²) in [7, 11) is 0. The lowest BCUT2D eigenvalue weighted by Gasteiger charge is -2.07. The zero-order chi connectivity index (χ0) is 15.3. The van der Waals surface area contributed by atoms with E-state index in [9.17, 15) is 4.79 Å². The molecule has 1 aromatic carbocycles. The third-order valence-corrected chi connectivity index (χ3v) is 3.59. The Bertz CT molecular complexity index is 384. The van der Waals surface area contributed by atoms with Crippen molar-refractivity contribution in [3.05, 3.63) is 29.8 Å². The number of ketones is 1. The van der Waals surface area contributed by atoms with E-state index in [0.29, 0.717) is 5.56 Å². The van der Waals surface area contributed by atoms with Crippen LogP contribution in [0.2, 0.25) is 0 Å². The fourth-order valence-corrected chi connectivity index (χ4v) is 2.25. The average Bonchev–Trinajstić information content (AvgIpc) is 2.53. The first kappa shape index (κ1) is 17.7. The molecule has 0 aliphatic heterocycles. The fraction of sp³-hybridized carbons (Fsp3) is 0.611. The highest BCUT2D eigenvalue weighted by Crippen LogP contribution is 2.14. The van der Waals surface area contributed by atoms with Crippen LogP contribution in [0.3, 0.4) is 0 Å². The molecule has 1 rings (SSSR count). The van der Waals surface area contributed by atoms with Crippen molar-refractivity contribution in [2.24, 2.45) is 0 Å². The van der Waals surface area contributed by atoms with Crippen molar-refractivity contribution < 1.29 is 14.6 Å². The average molecular weight is 292 g/mol. The number of aliphatic hydroxyl groups excluding tert-OH is 1. The maximum atomic E-state index is 11.3. The number of benzene rings is 1. The normalized spacial score (nSPS) is 10.6. The summed E-state index contributed by atoms with van der Waals surface area (Å²) < 4.78 is 5.65. The summed E-state index contributed by atoms with van der Waals surface area (Å²) in [5.74, 6) is 0.525. The number of Topliss-reactive ketones (excluding diaryl/α,β-unsaturated/α-hetero) is 1. The van der Waals surface area contributed by atoms with Crippen LogP contribution in [0.5, 0.6) is 5.75 Å². The molecule has 0 heterocycles. The van der Waals surface area contributed by atoms with E-state index in [1.54, 1.807) is 24.3 Å². The molecular weight excluding hydrogens is 264 g/mol. The van der Waals surface area contributed by atoms with Crippen LogP contribution < -0.4 is 4.74 Å². The van der Waals surface area contributed by atoms with E-state index >= 15 is 0 Å². The second-order valence-electron chi connectivity index (χ2n) is 5.43. The first-order valence-electron chi connectivity index (χ1n) is 8.15. The smallest absolute Gasteiger partial charge is 0.188 e. The number of carbonyl (C=O) groups is 1.